The van der Waals surface area contributed by atoms with Gasteiger partial charge >= 0.3 is 11.1 Å². The molecule has 0 aromatic carbocycles. The van der Waals surface area contributed by atoms with E-state index < -0.39 is 0 Å². The Morgan fingerprint density at radius 1 is 2.00 bits per heavy atom. The second kappa shape index (κ2) is 0.879. The highest BCUT2D eigenvalue weighted by Crippen LogP contribution is 2.23. The summed E-state index contributed by atoms with van der Waals surface area (Å²) in [5.41, 5.74) is 2.13. The molecule has 0 radical (unpaired) electrons. The van der Waals surface area contributed by atoms with E-state index in [1.165, 1.54) is 5.57 Å². The lowest BCUT2D eigenvalue weighted by Gasteiger charge is -1.47. The Morgan fingerprint density at radius 2 is 2.50 bits per heavy atom. The minimum absolute atomic E-state index is 0.926. The summed E-state index contributed by atoms with van der Waals surface area (Å²) >= 11 is 0. The summed E-state index contributed by atoms with van der Waals surface area (Å²) in [4.78, 5) is 0. The SMILES string of the molecule is [CH+]=C(C)C1=[C+]C1. The zero-order valence-electron chi connectivity index (χ0n) is 3.78. The third kappa shape index (κ3) is 0.440. The molecule has 0 heterocycles. The average Bonchev–Trinajstić information content (AvgIpc) is 2.06. The van der Waals surface area contributed by atoms with Crippen molar-refractivity contribution in [2.45, 2.75) is 13.3 Å². The van der Waals surface area contributed by atoms with Gasteiger partial charge in [0.2, 0.25) is 12.5 Å². The van der Waals surface area contributed by atoms with Crippen LogP contribution < -0.4 is 0 Å². The molecule has 1 aliphatic carbocycles. The molecule has 0 amide bonds. The summed E-state index contributed by atoms with van der Waals surface area (Å²) in [6.45, 7) is 7.21. The molecule has 0 heteroatoms. The number of allylic oxidation sites excluding steroid dienone is 3. The van der Waals surface area contributed by atoms with Gasteiger partial charge in [0, 0.05) is 0 Å². The maximum atomic E-state index is 5.31. The van der Waals surface area contributed by atoms with Gasteiger partial charge in [0.25, 0.3) is 0 Å². The van der Waals surface area contributed by atoms with Crippen LogP contribution in [0.15, 0.2) is 11.1 Å². The zero-order valence-corrected chi connectivity index (χ0v) is 3.78. The molecule has 1 rings (SSSR count). The molecule has 0 atom stereocenters. The summed E-state index contributed by atoms with van der Waals surface area (Å²) in [5.74, 6) is 0. The Bertz CT molecular complexity index is 107. The topological polar surface area (TPSA) is 0 Å². The maximum absolute atomic E-state index is 5.31. The van der Waals surface area contributed by atoms with E-state index in [2.05, 4.69) is 6.08 Å². The van der Waals surface area contributed by atoms with E-state index in [0.29, 0.717) is 0 Å². The molecule has 0 aromatic rings. The van der Waals surface area contributed by atoms with Crippen molar-refractivity contribution in [3.05, 3.63) is 23.8 Å². The van der Waals surface area contributed by atoms with Gasteiger partial charge < -0.3 is 0 Å². The maximum Gasteiger partial charge on any atom is 0.342 e. The summed E-state index contributed by atoms with van der Waals surface area (Å²) in [5, 5.41) is 0. The Morgan fingerprint density at radius 3 is 2.50 bits per heavy atom. The van der Waals surface area contributed by atoms with Crippen LogP contribution in [-0.2, 0) is 0 Å². The van der Waals surface area contributed by atoms with Crippen LogP contribution in [0.25, 0.3) is 0 Å². The normalized spacial score (nSPS) is 15.0. The first kappa shape index (κ1) is 3.49. The predicted molar refractivity (Wildman–Crippen MR) is 24.9 cm³/mol. The highest BCUT2D eigenvalue weighted by atomic mass is 14.1. The van der Waals surface area contributed by atoms with Crippen LogP contribution in [0.4, 0.5) is 0 Å². The smallest absolute Gasteiger partial charge is 0.0780 e. The minimum atomic E-state index is 0.926. The average molecular weight is 78.1 g/mol. The fourth-order valence-electron chi connectivity index (χ4n) is 0.323. The largest absolute Gasteiger partial charge is 0.342 e. The van der Waals surface area contributed by atoms with E-state index in [4.69, 9.17) is 6.58 Å². The molecule has 0 aliphatic heterocycles. The second-order valence-corrected chi connectivity index (χ2v) is 1.52. The van der Waals surface area contributed by atoms with E-state index in [0.717, 1.165) is 12.0 Å². The van der Waals surface area contributed by atoms with Gasteiger partial charge in [-0.3, -0.25) is 0 Å². The second-order valence-electron chi connectivity index (χ2n) is 1.52. The minimum Gasteiger partial charge on any atom is 0.0780 e. The highest BCUT2D eigenvalue weighted by molar-refractivity contribution is 5.33. The van der Waals surface area contributed by atoms with Gasteiger partial charge in [0.15, 0.2) is 6.58 Å². The van der Waals surface area contributed by atoms with Crippen molar-refractivity contribution in [2.75, 3.05) is 0 Å². The number of rotatable bonds is 1. The van der Waals surface area contributed by atoms with Gasteiger partial charge in [-0.05, 0) is 0 Å². The Hall–Kier alpha value is -0.700. The van der Waals surface area contributed by atoms with Gasteiger partial charge in [-0.25, -0.2) is 0 Å². The van der Waals surface area contributed by atoms with Crippen LogP contribution in [-0.4, -0.2) is 0 Å². The van der Waals surface area contributed by atoms with Gasteiger partial charge in [-0.1, -0.05) is 0 Å². The van der Waals surface area contributed by atoms with E-state index in [-0.39, 0.29) is 0 Å². The van der Waals surface area contributed by atoms with Crippen molar-refractivity contribution >= 4 is 0 Å². The van der Waals surface area contributed by atoms with E-state index in [1.54, 1.807) is 0 Å². The third-order valence-corrected chi connectivity index (χ3v) is 0.830. The summed E-state index contributed by atoms with van der Waals surface area (Å²) < 4.78 is 0. The standard InChI is InChI=1S/C6H6/c1-5(2)6-3-4-6/h1H,3H2,2H3/q+2. The predicted octanol–water partition coefficient (Wildman–Crippen LogP) is 1.50. The van der Waals surface area contributed by atoms with Crippen molar-refractivity contribution in [3.63, 3.8) is 0 Å². The lowest BCUT2D eigenvalue weighted by Crippen LogP contribution is -1.59. The summed E-state index contributed by atoms with van der Waals surface area (Å²) in [6, 6.07) is 0. The van der Waals surface area contributed by atoms with Gasteiger partial charge in [0.1, 0.15) is 0 Å². The monoisotopic (exact) mass is 78.0 g/mol. The molecule has 0 saturated carbocycles. The van der Waals surface area contributed by atoms with Gasteiger partial charge in [-0.15, -0.1) is 0 Å². The molecule has 0 unspecified atom stereocenters. The Kier molecular flexibility index (Phi) is 0.511. The molecule has 6 heavy (non-hydrogen) atoms. The van der Waals surface area contributed by atoms with Crippen molar-refractivity contribution in [1.29, 1.82) is 0 Å². The molecular weight excluding hydrogens is 72.1 g/mol. The molecule has 0 spiro atoms. The van der Waals surface area contributed by atoms with E-state index in [9.17, 15) is 0 Å². The Labute approximate surface area is 38.2 Å². The van der Waals surface area contributed by atoms with Crippen molar-refractivity contribution < 1.29 is 0 Å². The zero-order chi connectivity index (χ0) is 4.57. The van der Waals surface area contributed by atoms with Crippen molar-refractivity contribution in [3.8, 4) is 0 Å². The molecule has 0 saturated heterocycles. The molecule has 0 N–H and O–H groups in total. The first-order valence-corrected chi connectivity index (χ1v) is 2.00. The summed E-state index contributed by atoms with van der Waals surface area (Å²) in [6.07, 6.45) is 3.99. The van der Waals surface area contributed by atoms with Crippen LogP contribution in [0, 0.1) is 12.7 Å². The molecule has 1 aliphatic rings. The summed E-state index contributed by atoms with van der Waals surface area (Å²) in [7, 11) is 0. The fraction of sp³-hybridized carbons (Fsp3) is 0.333. The molecule has 0 bridgehead atoms. The van der Waals surface area contributed by atoms with Crippen LogP contribution in [0.5, 0.6) is 0 Å². The molecule has 0 nitrogen and oxygen atoms in total. The highest BCUT2D eigenvalue weighted by Gasteiger charge is 2.36. The first-order valence-electron chi connectivity index (χ1n) is 2.00. The lowest BCUT2D eigenvalue weighted by molar-refractivity contribution is 1.42. The molecular formula is C6H6+2. The molecule has 0 fully saturated rings. The van der Waals surface area contributed by atoms with Crippen LogP contribution >= 0.6 is 0 Å². The Balaban J connectivity index is 2.52. The van der Waals surface area contributed by atoms with Crippen LogP contribution in [0.3, 0.4) is 0 Å². The molecule has 28 valence electrons. The first-order chi connectivity index (χ1) is 2.80. The lowest BCUT2D eigenvalue weighted by atomic mass is 10.3. The van der Waals surface area contributed by atoms with Crippen LogP contribution in [0.2, 0.25) is 0 Å². The van der Waals surface area contributed by atoms with Crippen LogP contribution in [0.1, 0.15) is 13.3 Å². The fourth-order valence-corrected chi connectivity index (χ4v) is 0.323. The number of hydrogen-bond donors (Lipinski definition) is 0. The van der Waals surface area contributed by atoms with Crippen molar-refractivity contribution in [1.82, 2.24) is 0 Å². The van der Waals surface area contributed by atoms with Gasteiger partial charge in [0.05, 0.1) is 6.92 Å². The van der Waals surface area contributed by atoms with E-state index >= 15 is 0 Å². The van der Waals surface area contributed by atoms with Gasteiger partial charge in [-0.2, -0.15) is 0 Å². The third-order valence-electron chi connectivity index (χ3n) is 0.830. The van der Waals surface area contributed by atoms with Crippen molar-refractivity contribution in [2.24, 2.45) is 0 Å². The van der Waals surface area contributed by atoms with E-state index in [1.807, 2.05) is 6.92 Å². The number of hydrogen-bond acceptors (Lipinski definition) is 0. The quantitative estimate of drug-likeness (QED) is 0.417. The molecule has 0 aromatic heterocycles.